The zero-order chi connectivity index (χ0) is 9.52. The lowest BCUT2D eigenvalue weighted by Gasteiger charge is -2.12. The molecule has 0 spiro atoms. The van der Waals surface area contributed by atoms with Crippen LogP contribution in [0.4, 0.5) is 0 Å². The predicted molar refractivity (Wildman–Crippen MR) is 54.7 cm³/mol. The number of hydrogen-bond donors (Lipinski definition) is 1. The topological polar surface area (TPSA) is 29.1 Å². The van der Waals surface area contributed by atoms with Crippen LogP contribution < -0.4 is 5.09 Å². The summed E-state index contributed by atoms with van der Waals surface area (Å²) in [6.07, 6.45) is 2.59. The van der Waals surface area contributed by atoms with Crippen LogP contribution in [0.25, 0.3) is 0 Å². The molecular formula is C10H12NOP. The maximum atomic E-state index is 10.4. The molecule has 0 radical (unpaired) electrons. The van der Waals surface area contributed by atoms with E-state index in [4.69, 9.17) is 0 Å². The molecule has 1 rings (SSSR count). The second-order valence-corrected chi connectivity index (χ2v) is 3.15. The first kappa shape index (κ1) is 10.1. The minimum atomic E-state index is -0.0388. The zero-order valence-corrected chi connectivity index (χ0v) is 8.21. The molecule has 1 N–H and O–H groups in total. The van der Waals surface area contributed by atoms with Gasteiger partial charge < -0.3 is 0 Å². The first-order valence-corrected chi connectivity index (χ1v) is 4.93. The van der Waals surface area contributed by atoms with Gasteiger partial charge in [-0.25, -0.2) is 5.09 Å². The Morgan fingerprint density at radius 1 is 1.46 bits per heavy atom. The summed E-state index contributed by atoms with van der Waals surface area (Å²) in [5.74, 6) is 0. The summed E-state index contributed by atoms with van der Waals surface area (Å²) >= 11 is 0. The van der Waals surface area contributed by atoms with E-state index >= 15 is 0 Å². The Hall–Kier alpha value is -0.980. The minimum Gasteiger partial charge on any atom is -0.256 e. The molecule has 3 heteroatoms. The van der Waals surface area contributed by atoms with Crippen LogP contribution in [0.15, 0.2) is 43.0 Å². The molecule has 0 aliphatic rings. The van der Waals surface area contributed by atoms with Crippen molar-refractivity contribution < 1.29 is 4.57 Å². The fourth-order valence-corrected chi connectivity index (χ4v) is 1.56. The Kier molecular flexibility index (Phi) is 4.37. The van der Waals surface area contributed by atoms with Gasteiger partial charge in [-0.2, -0.15) is 0 Å². The second-order valence-electron chi connectivity index (χ2n) is 2.71. The average Bonchev–Trinajstić information content (AvgIpc) is 2.19. The van der Waals surface area contributed by atoms with Crippen molar-refractivity contribution in [2.45, 2.75) is 12.5 Å². The largest absolute Gasteiger partial charge is 0.256 e. The van der Waals surface area contributed by atoms with Crippen LogP contribution in [-0.2, 0) is 4.57 Å². The quantitative estimate of drug-likeness (QED) is 0.575. The van der Waals surface area contributed by atoms with E-state index in [1.54, 1.807) is 0 Å². The Bertz CT molecular complexity index is 264. The van der Waals surface area contributed by atoms with E-state index in [-0.39, 0.29) is 14.7 Å². The highest BCUT2D eigenvalue weighted by Gasteiger charge is 2.07. The molecule has 0 aliphatic carbocycles. The predicted octanol–water partition coefficient (Wildman–Crippen LogP) is 3.10. The summed E-state index contributed by atoms with van der Waals surface area (Å²) < 4.78 is 10.4. The average molecular weight is 193 g/mol. The van der Waals surface area contributed by atoms with Gasteiger partial charge in [0.15, 0.2) is 0 Å². The number of hydrogen-bond acceptors (Lipinski definition) is 1. The second kappa shape index (κ2) is 5.63. The number of benzene rings is 1. The van der Waals surface area contributed by atoms with Gasteiger partial charge in [0.1, 0.15) is 0 Å². The van der Waals surface area contributed by atoms with E-state index in [0.717, 1.165) is 12.0 Å². The lowest BCUT2D eigenvalue weighted by atomic mass is 10.1. The van der Waals surface area contributed by atoms with Gasteiger partial charge in [-0.1, -0.05) is 36.4 Å². The van der Waals surface area contributed by atoms with Gasteiger partial charge in [-0.3, -0.25) is 4.57 Å². The summed E-state index contributed by atoms with van der Waals surface area (Å²) in [6.45, 7) is 3.66. The smallest absolute Gasteiger partial charge is 0.246 e. The number of nitrogens with one attached hydrogen (secondary N) is 1. The first-order valence-electron chi connectivity index (χ1n) is 4.12. The molecule has 2 nitrogen and oxygen atoms in total. The van der Waals surface area contributed by atoms with Gasteiger partial charge in [0.05, 0.1) is 0 Å². The highest BCUT2D eigenvalue weighted by atomic mass is 31.1. The van der Waals surface area contributed by atoms with Crippen molar-refractivity contribution in [3.8, 4) is 0 Å². The van der Waals surface area contributed by atoms with Gasteiger partial charge in [0, 0.05) is 6.04 Å². The van der Waals surface area contributed by atoms with Crippen molar-refractivity contribution in [3.05, 3.63) is 48.6 Å². The Morgan fingerprint density at radius 2 is 2.15 bits per heavy atom. The van der Waals surface area contributed by atoms with E-state index in [1.165, 1.54) is 0 Å². The fraction of sp³-hybridized carbons (Fsp3) is 0.200. The minimum absolute atomic E-state index is 0.0388. The molecule has 0 bridgehead atoms. The molecule has 0 saturated carbocycles. The Morgan fingerprint density at radius 3 is 2.69 bits per heavy atom. The summed E-state index contributed by atoms with van der Waals surface area (Å²) in [6, 6.07) is 10.0. The number of rotatable bonds is 5. The Balaban J connectivity index is 2.75. The van der Waals surface area contributed by atoms with Crippen molar-refractivity contribution >= 4 is 8.61 Å². The molecule has 0 amide bonds. The molecule has 0 heterocycles. The van der Waals surface area contributed by atoms with E-state index in [0.29, 0.717) is 0 Å². The third-order valence-electron chi connectivity index (χ3n) is 1.81. The van der Waals surface area contributed by atoms with Crippen molar-refractivity contribution in [2.24, 2.45) is 0 Å². The van der Waals surface area contributed by atoms with E-state index < -0.39 is 0 Å². The van der Waals surface area contributed by atoms with E-state index in [1.807, 2.05) is 36.4 Å². The SMILES string of the molecule is C=CCC(NP=O)c1ccccc1. The summed E-state index contributed by atoms with van der Waals surface area (Å²) in [4.78, 5) is 0. The maximum absolute atomic E-state index is 10.4. The molecule has 13 heavy (non-hydrogen) atoms. The van der Waals surface area contributed by atoms with Crippen molar-refractivity contribution in [1.82, 2.24) is 5.09 Å². The monoisotopic (exact) mass is 193 g/mol. The van der Waals surface area contributed by atoms with Gasteiger partial charge in [-0.15, -0.1) is 6.58 Å². The van der Waals surface area contributed by atoms with Gasteiger partial charge in [-0.05, 0) is 12.0 Å². The summed E-state index contributed by atoms with van der Waals surface area (Å²) in [5.41, 5.74) is 1.13. The van der Waals surface area contributed by atoms with E-state index in [2.05, 4.69) is 11.7 Å². The zero-order valence-electron chi connectivity index (χ0n) is 7.31. The molecule has 0 saturated heterocycles. The molecule has 1 unspecified atom stereocenters. The molecule has 0 fully saturated rings. The van der Waals surface area contributed by atoms with Crippen LogP contribution in [0.5, 0.6) is 0 Å². The van der Waals surface area contributed by atoms with Crippen LogP contribution >= 0.6 is 8.61 Å². The van der Waals surface area contributed by atoms with Crippen LogP contribution in [0, 0.1) is 0 Å². The van der Waals surface area contributed by atoms with Gasteiger partial charge in [0.25, 0.3) is 0 Å². The van der Waals surface area contributed by atoms with Crippen LogP contribution in [0.2, 0.25) is 0 Å². The lowest BCUT2D eigenvalue weighted by Crippen LogP contribution is -2.10. The lowest BCUT2D eigenvalue weighted by molar-refractivity contribution is 0.576. The first-order chi connectivity index (χ1) is 6.38. The van der Waals surface area contributed by atoms with Crippen molar-refractivity contribution in [2.75, 3.05) is 0 Å². The summed E-state index contributed by atoms with van der Waals surface area (Å²) in [5, 5.41) is 2.85. The van der Waals surface area contributed by atoms with Crippen LogP contribution in [0.1, 0.15) is 18.0 Å². The van der Waals surface area contributed by atoms with Crippen LogP contribution in [-0.4, -0.2) is 0 Å². The third-order valence-corrected chi connectivity index (χ3v) is 2.23. The van der Waals surface area contributed by atoms with Crippen molar-refractivity contribution in [3.63, 3.8) is 0 Å². The van der Waals surface area contributed by atoms with Gasteiger partial charge >= 0.3 is 0 Å². The third kappa shape index (κ3) is 3.10. The molecule has 1 aromatic carbocycles. The highest BCUT2D eigenvalue weighted by Crippen LogP contribution is 2.18. The maximum Gasteiger partial charge on any atom is 0.246 e. The van der Waals surface area contributed by atoms with Gasteiger partial charge in [0.2, 0.25) is 8.61 Å². The van der Waals surface area contributed by atoms with E-state index in [9.17, 15) is 4.57 Å². The normalized spacial score (nSPS) is 12.6. The van der Waals surface area contributed by atoms with Crippen LogP contribution in [0.3, 0.4) is 0 Å². The standard InChI is InChI=1S/C10H12NOP/c1-2-6-10(11-13-12)9-7-4-3-5-8-9/h2-5,7-8,10H,1,6H2,(H,11,12). The van der Waals surface area contributed by atoms with Crippen molar-refractivity contribution in [1.29, 1.82) is 0 Å². The molecular weight excluding hydrogens is 181 g/mol. The Labute approximate surface area is 79.9 Å². The fourth-order valence-electron chi connectivity index (χ4n) is 1.18. The molecule has 1 atom stereocenters. The molecule has 0 aliphatic heterocycles. The summed E-state index contributed by atoms with van der Waals surface area (Å²) in [7, 11) is -0.0388. The molecule has 1 aromatic rings. The molecule has 68 valence electrons. The highest BCUT2D eigenvalue weighted by molar-refractivity contribution is 7.21. The molecule has 0 aromatic heterocycles.